The van der Waals surface area contributed by atoms with Crippen LogP contribution in [0.4, 0.5) is 5.69 Å². The maximum atomic E-state index is 12.5. The lowest BCUT2D eigenvalue weighted by molar-refractivity contribution is 0.281. The molecule has 0 radical (unpaired) electrons. The van der Waals surface area contributed by atoms with Gasteiger partial charge in [0.05, 0.1) is 10.9 Å². The van der Waals surface area contributed by atoms with Crippen molar-refractivity contribution in [1.82, 2.24) is 4.90 Å². The summed E-state index contributed by atoms with van der Waals surface area (Å²) in [5.74, 6) is 1.09. The Morgan fingerprint density at radius 1 is 0.921 bits per heavy atom. The van der Waals surface area contributed by atoms with E-state index >= 15 is 0 Å². The van der Waals surface area contributed by atoms with Crippen LogP contribution in [0.15, 0.2) is 75.7 Å². The fourth-order valence-corrected chi connectivity index (χ4v) is 6.54. The zero-order chi connectivity index (χ0) is 27.8. The van der Waals surface area contributed by atoms with Crippen molar-refractivity contribution in [2.24, 2.45) is 0 Å². The van der Waals surface area contributed by atoms with Crippen molar-refractivity contribution in [3.8, 4) is 5.75 Å². The van der Waals surface area contributed by atoms with E-state index < -0.39 is 29.0 Å². The molecule has 1 heterocycles. The second-order valence-corrected chi connectivity index (χ2v) is 12.9. The lowest BCUT2D eigenvalue weighted by Crippen LogP contribution is -2.34. The van der Waals surface area contributed by atoms with Gasteiger partial charge in [0.2, 0.25) is 0 Å². The molecule has 4 rings (SSSR count). The Kier molecular flexibility index (Phi) is 8.11. The molecule has 0 spiro atoms. The highest BCUT2D eigenvalue weighted by Gasteiger charge is 2.32. The number of rotatable bonds is 9. The van der Waals surface area contributed by atoms with Gasteiger partial charge in [-0.1, -0.05) is 32.1 Å². The zero-order valence-corrected chi connectivity index (χ0v) is 24.1. The molecule has 2 aliphatic rings. The van der Waals surface area contributed by atoms with E-state index in [4.69, 9.17) is 15.4 Å². The largest absolute Gasteiger partial charge is 0.456 e. The molecular weight excluding hydrogens is 548 g/mol. The number of hydrogen-bond donors (Lipinski definition) is 1. The fraction of sp³-hybridized carbons (Fsp3) is 0.333. The molecule has 1 N–H and O–H groups in total. The number of halogens is 1. The lowest BCUT2D eigenvalue weighted by atomic mass is 9.86. The van der Waals surface area contributed by atoms with Crippen LogP contribution >= 0.6 is 10.7 Å². The van der Waals surface area contributed by atoms with E-state index in [9.17, 15) is 21.4 Å². The molecule has 0 fully saturated rings. The number of likely N-dealkylation sites (N-methyl/N-ethyl adjacent to an activating group) is 1. The van der Waals surface area contributed by atoms with Crippen LogP contribution in [0.3, 0.4) is 0 Å². The van der Waals surface area contributed by atoms with Gasteiger partial charge >= 0.3 is 0 Å². The van der Waals surface area contributed by atoms with Crippen LogP contribution in [0.1, 0.15) is 38.8 Å². The summed E-state index contributed by atoms with van der Waals surface area (Å²) < 4.78 is 65.5. The first kappa shape index (κ1) is 28.4. The van der Waals surface area contributed by atoms with Crippen molar-refractivity contribution >= 4 is 41.1 Å². The number of ether oxygens (including phenoxy) is 1. The summed E-state index contributed by atoms with van der Waals surface area (Å²) in [7, 11) is -3.57. The molecule has 1 aliphatic heterocycles. The standard InChI is InChI=1S/C27H31ClN2O6S2/c1-5-29(6-2)18-9-12-21-24(15-18)36-25-16-19(30(7-3)8-4)10-13-22(25)27(21)23-14-11-20(37(28,31)32)17-26(23)38(33,34)35/h9-18H,5-8H2,1-4H3,(H,33,34,35). The maximum Gasteiger partial charge on any atom is 0.295 e. The number of fused-ring (bicyclic) bond motifs is 2. The van der Waals surface area contributed by atoms with Crippen molar-refractivity contribution in [1.29, 1.82) is 0 Å². The molecule has 11 heteroatoms. The average Bonchev–Trinajstić information content (AvgIpc) is 2.87. The van der Waals surface area contributed by atoms with Crippen LogP contribution in [-0.2, 0) is 19.2 Å². The molecule has 204 valence electrons. The maximum absolute atomic E-state index is 12.5. The van der Waals surface area contributed by atoms with Crippen molar-refractivity contribution in [2.45, 2.75) is 43.5 Å². The Labute approximate surface area is 229 Å². The van der Waals surface area contributed by atoms with Crippen LogP contribution in [0.25, 0.3) is 5.57 Å². The van der Waals surface area contributed by atoms with Gasteiger partial charge in [-0.2, -0.15) is 8.42 Å². The predicted molar refractivity (Wildman–Crippen MR) is 150 cm³/mol. The van der Waals surface area contributed by atoms with E-state index in [-0.39, 0.29) is 11.6 Å². The van der Waals surface area contributed by atoms with Crippen LogP contribution in [0.2, 0.25) is 0 Å². The molecule has 1 unspecified atom stereocenters. The lowest BCUT2D eigenvalue weighted by Gasteiger charge is -2.33. The minimum Gasteiger partial charge on any atom is -0.456 e. The summed E-state index contributed by atoms with van der Waals surface area (Å²) in [5, 5.41) is 0. The van der Waals surface area contributed by atoms with Gasteiger partial charge in [0.15, 0.2) is 0 Å². The highest BCUT2D eigenvalue weighted by molar-refractivity contribution is 8.13. The van der Waals surface area contributed by atoms with Crippen molar-refractivity contribution < 1.29 is 26.1 Å². The number of nitrogens with zero attached hydrogens (tertiary/aromatic N) is 2. The van der Waals surface area contributed by atoms with Crippen molar-refractivity contribution in [3.63, 3.8) is 0 Å². The number of anilines is 1. The molecule has 2 aromatic rings. The Balaban J connectivity index is 2.03. The highest BCUT2D eigenvalue weighted by atomic mass is 35.7. The topological polar surface area (TPSA) is 104 Å². The third kappa shape index (κ3) is 5.41. The SMILES string of the molecule is CCN(CC)c1ccc2c(c1)OC1=CC(N(CC)CC)C=CC1=C2c1ccc(S(=O)(=O)Cl)cc1S(=O)(=O)O. The molecule has 0 amide bonds. The van der Waals surface area contributed by atoms with E-state index in [1.165, 1.54) is 12.1 Å². The third-order valence-electron chi connectivity index (χ3n) is 6.92. The first-order valence-electron chi connectivity index (χ1n) is 12.4. The van der Waals surface area contributed by atoms with Crippen LogP contribution < -0.4 is 9.64 Å². The summed E-state index contributed by atoms with van der Waals surface area (Å²) in [6, 6.07) is 9.14. The van der Waals surface area contributed by atoms with Crippen molar-refractivity contribution in [2.75, 3.05) is 31.1 Å². The van der Waals surface area contributed by atoms with Gasteiger partial charge in [-0.15, -0.1) is 0 Å². The average molecular weight is 579 g/mol. The molecule has 1 aliphatic carbocycles. The van der Waals surface area contributed by atoms with Gasteiger partial charge in [0.25, 0.3) is 19.2 Å². The van der Waals surface area contributed by atoms with Gasteiger partial charge in [-0.3, -0.25) is 9.45 Å². The second-order valence-electron chi connectivity index (χ2n) is 8.92. The molecule has 8 nitrogen and oxygen atoms in total. The van der Waals surface area contributed by atoms with Crippen LogP contribution in [0, 0.1) is 0 Å². The number of hydrogen-bond acceptors (Lipinski definition) is 7. The van der Waals surface area contributed by atoms with Crippen LogP contribution in [-0.4, -0.2) is 58.5 Å². The van der Waals surface area contributed by atoms with E-state index in [2.05, 4.69) is 37.5 Å². The number of benzene rings is 2. The highest BCUT2D eigenvalue weighted by Crippen LogP contribution is 2.46. The smallest absolute Gasteiger partial charge is 0.295 e. The monoisotopic (exact) mass is 578 g/mol. The van der Waals surface area contributed by atoms with Gasteiger partial charge in [0, 0.05) is 57.8 Å². The van der Waals surface area contributed by atoms with Gasteiger partial charge in [-0.25, -0.2) is 8.42 Å². The first-order chi connectivity index (χ1) is 17.9. The third-order valence-corrected chi connectivity index (χ3v) is 9.16. The van der Waals surface area contributed by atoms with E-state index in [0.29, 0.717) is 28.2 Å². The molecule has 0 bridgehead atoms. The minimum atomic E-state index is -4.83. The molecule has 0 saturated carbocycles. The predicted octanol–water partition coefficient (Wildman–Crippen LogP) is 5.07. The molecule has 1 atom stereocenters. The van der Waals surface area contributed by atoms with Crippen LogP contribution in [0.5, 0.6) is 5.75 Å². The van der Waals surface area contributed by atoms with Gasteiger partial charge in [0.1, 0.15) is 16.4 Å². The minimum absolute atomic E-state index is 0.0256. The Morgan fingerprint density at radius 3 is 2.16 bits per heavy atom. The van der Waals surface area contributed by atoms with E-state index in [1.807, 2.05) is 36.4 Å². The molecule has 0 saturated heterocycles. The second kappa shape index (κ2) is 10.9. The summed E-state index contributed by atoms with van der Waals surface area (Å²) in [6.45, 7) is 11.5. The Bertz CT molecular complexity index is 1550. The molecule has 38 heavy (non-hydrogen) atoms. The molecule has 0 aromatic heterocycles. The van der Waals surface area contributed by atoms with E-state index in [0.717, 1.165) is 37.9 Å². The summed E-state index contributed by atoms with van der Waals surface area (Å²) >= 11 is 0. The van der Waals surface area contributed by atoms with Crippen molar-refractivity contribution in [3.05, 3.63) is 77.1 Å². The Hall–Kier alpha value is -2.63. The summed E-state index contributed by atoms with van der Waals surface area (Å²) in [6.07, 6.45) is 5.88. The summed E-state index contributed by atoms with van der Waals surface area (Å²) in [5.41, 5.74) is 2.84. The number of allylic oxidation sites excluding steroid dienone is 1. The van der Waals surface area contributed by atoms with Gasteiger partial charge in [-0.05, 0) is 57.3 Å². The Morgan fingerprint density at radius 2 is 1.58 bits per heavy atom. The molecule has 2 aromatic carbocycles. The summed E-state index contributed by atoms with van der Waals surface area (Å²) in [4.78, 5) is 3.43. The van der Waals surface area contributed by atoms with E-state index in [1.54, 1.807) is 0 Å². The van der Waals surface area contributed by atoms with Gasteiger partial charge < -0.3 is 9.64 Å². The first-order valence-corrected chi connectivity index (χ1v) is 16.2. The fourth-order valence-electron chi connectivity index (χ4n) is 4.96. The quantitative estimate of drug-likeness (QED) is 0.325. The zero-order valence-electron chi connectivity index (χ0n) is 21.7. The normalized spacial score (nSPS) is 17.1. The molecular formula is C27H31ClN2O6S2.